The molecule has 0 saturated heterocycles. The Balaban J connectivity index is 2.75. The van der Waals surface area contributed by atoms with Crippen LogP contribution in [-0.2, 0) is 9.09 Å². The molecule has 0 amide bonds. The Labute approximate surface area is 129 Å². The van der Waals surface area contributed by atoms with E-state index in [9.17, 15) is 31.6 Å². The van der Waals surface area contributed by atoms with Gasteiger partial charge in [0.2, 0.25) is 5.82 Å². The van der Waals surface area contributed by atoms with E-state index in [-0.39, 0.29) is 19.4 Å². The van der Waals surface area contributed by atoms with E-state index in [0.29, 0.717) is 19.3 Å². The molecule has 0 heterocycles. The highest BCUT2D eigenvalue weighted by Gasteiger charge is 2.53. The minimum absolute atomic E-state index is 0.107. The highest BCUT2D eigenvalue weighted by Crippen LogP contribution is 2.62. The molecule has 1 aliphatic rings. The zero-order chi connectivity index (χ0) is 17.4. The van der Waals surface area contributed by atoms with Crippen LogP contribution in [0.4, 0.5) is 22.0 Å². The van der Waals surface area contributed by atoms with E-state index in [0.717, 1.165) is 0 Å². The molecule has 0 bridgehead atoms. The van der Waals surface area contributed by atoms with Crippen LogP contribution in [0.5, 0.6) is 0 Å². The molecule has 1 fully saturated rings. The van der Waals surface area contributed by atoms with Crippen LogP contribution in [0, 0.1) is 29.1 Å². The van der Waals surface area contributed by atoms with Crippen molar-refractivity contribution in [3.8, 4) is 0 Å². The predicted molar refractivity (Wildman–Crippen MR) is 73.1 cm³/mol. The van der Waals surface area contributed by atoms with Crippen molar-refractivity contribution >= 4 is 12.7 Å². The van der Waals surface area contributed by atoms with Crippen molar-refractivity contribution in [3.63, 3.8) is 0 Å². The first-order valence-electron chi connectivity index (χ1n) is 7.18. The maximum Gasteiger partial charge on any atom is 0.268 e. The van der Waals surface area contributed by atoms with Gasteiger partial charge in [-0.3, -0.25) is 4.57 Å². The molecule has 0 aromatic heterocycles. The largest absolute Gasteiger partial charge is 0.379 e. The SMILES string of the molecule is CCO[P@](=O)(c1c(F)c(F)c(F)c(F)c1F)C1(O)CCCCC1. The van der Waals surface area contributed by atoms with Gasteiger partial charge >= 0.3 is 0 Å². The van der Waals surface area contributed by atoms with Crippen molar-refractivity contribution in [1.82, 2.24) is 0 Å². The van der Waals surface area contributed by atoms with Gasteiger partial charge in [-0.15, -0.1) is 0 Å². The normalized spacial score (nSPS) is 20.3. The summed E-state index contributed by atoms with van der Waals surface area (Å²) in [6.45, 7) is 1.03. The highest BCUT2D eigenvalue weighted by molar-refractivity contribution is 7.68. The van der Waals surface area contributed by atoms with Gasteiger partial charge in [-0.1, -0.05) is 6.42 Å². The van der Waals surface area contributed by atoms with Gasteiger partial charge in [-0.25, -0.2) is 22.0 Å². The van der Waals surface area contributed by atoms with E-state index < -0.39 is 47.1 Å². The lowest BCUT2D eigenvalue weighted by Gasteiger charge is -2.38. The minimum Gasteiger partial charge on any atom is -0.379 e. The first kappa shape index (κ1) is 18.4. The van der Waals surface area contributed by atoms with Crippen molar-refractivity contribution in [2.45, 2.75) is 44.4 Å². The van der Waals surface area contributed by atoms with Gasteiger partial charge < -0.3 is 9.63 Å². The van der Waals surface area contributed by atoms with Crippen molar-refractivity contribution < 1.29 is 36.1 Å². The van der Waals surface area contributed by atoms with Crippen LogP contribution in [0.25, 0.3) is 0 Å². The van der Waals surface area contributed by atoms with Crippen molar-refractivity contribution in [2.24, 2.45) is 0 Å². The van der Waals surface area contributed by atoms with Crippen LogP contribution in [0.15, 0.2) is 0 Å². The molecule has 3 nitrogen and oxygen atoms in total. The van der Waals surface area contributed by atoms with E-state index >= 15 is 0 Å². The molecule has 1 aromatic rings. The number of aliphatic hydroxyl groups is 1. The highest BCUT2D eigenvalue weighted by atomic mass is 31.2. The third kappa shape index (κ3) is 2.81. The van der Waals surface area contributed by atoms with Crippen LogP contribution < -0.4 is 5.30 Å². The predicted octanol–water partition coefficient (Wildman–Crippen LogP) is 3.97. The van der Waals surface area contributed by atoms with Crippen LogP contribution in [0.3, 0.4) is 0 Å². The van der Waals surface area contributed by atoms with Crippen molar-refractivity contribution in [2.75, 3.05) is 6.61 Å². The summed E-state index contributed by atoms with van der Waals surface area (Å²) < 4.78 is 86.3. The lowest BCUT2D eigenvalue weighted by Crippen LogP contribution is -2.39. The average Bonchev–Trinajstić information content (AvgIpc) is 2.52. The Morgan fingerprint density at radius 2 is 1.39 bits per heavy atom. The minimum atomic E-state index is -4.75. The third-order valence-electron chi connectivity index (χ3n) is 3.99. The van der Waals surface area contributed by atoms with Crippen molar-refractivity contribution in [3.05, 3.63) is 29.1 Å². The summed E-state index contributed by atoms with van der Waals surface area (Å²) in [7, 11) is -4.75. The summed E-state index contributed by atoms with van der Waals surface area (Å²) in [6, 6.07) is 0. The smallest absolute Gasteiger partial charge is 0.268 e. The summed E-state index contributed by atoms with van der Waals surface area (Å²) in [4.78, 5) is 0. The lowest BCUT2D eigenvalue weighted by atomic mass is 9.97. The molecule has 0 radical (unpaired) electrons. The molecule has 23 heavy (non-hydrogen) atoms. The Morgan fingerprint density at radius 3 is 1.83 bits per heavy atom. The third-order valence-corrected chi connectivity index (χ3v) is 7.14. The quantitative estimate of drug-likeness (QED) is 0.383. The zero-order valence-corrected chi connectivity index (χ0v) is 13.2. The van der Waals surface area contributed by atoms with Gasteiger partial charge in [0, 0.05) is 0 Å². The number of rotatable bonds is 4. The van der Waals surface area contributed by atoms with Crippen LogP contribution in [0.2, 0.25) is 0 Å². The number of benzene rings is 1. The van der Waals surface area contributed by atoms with Gasteiger partial charge in [-0.05, 0) is 32.6 Å². The van der Waals surface area contributed by atoms with Crippen LogP contribution >= 0.6 is 7.37 Å². The number of hydrogen-bond acceptors (Lipinski definition) is 3. The van der Waals surface area contributed by atoms with Gasteiger partial charge in [0.15, 0.2) is 23.3 Å². The molecular formula is C14H16F5O3P. The maximum absolute atomic E-state index is 14.1. The lowest BCUT2D eigenvalue weighted by molar-refractivity contribution is 0.0659. The Hall–Kier alpha value is -0.980. The molecule has 1 aliphatic carbocycles. The van der Waals surface area contributed by atoms with Crippen molar-refractivity contribution in [1.29, 1.82) is 0 Å². The van der Waals surface area contributed by atoms with Gasteiger partial charge in [0.25, 0.3) is 7.37 Å². The van der Waals surface area contributed by atoms with E-state index in [1.165, 1.54) is 6.92 Å². The molecular weight excluding hydrogens is 342 g/mol. The first-order chi connectivity index (χ1) is 10.7. The van der Waals surface area contributed by atoms with E-state index in [1.54, 1.807) is 0 Å². The molecule has 1 atom stereocenters. The molecule has 0 spiro atoms. The Kier molecular flexibility index (Phi) is 5.18. The molecule has 0 unspecified atom stereocenters. The fourth-order valence-corrected chi connectivity index (χ4v) is 5.61. The second-order valence-electron chi connectivity index (χ2n) is 5.43. The topological polar surface area (TPSA) is 46.5 Å². The molecule has 0 aliphatic heterocycles. The second kappa shape index (κ2) is 6.49. The van der Waals surface area contributed by atoms with Gasteiger partial charge in [0.1, 0.15) is 10.6 Å². The number of hydrogen-bond donors (Lipinski definition) is 1. The Bertz CT molecular complexity index is 629. The molecule has 2 rings (SSSR count). The molecule has 130 valence electrons. The average molecular weight is 358 g/mol. The summed E-state index contributed by atoms with van der Waals surface area (Å²) in [5.41, 5.74) is 0. The fourth-order valence-electron chi connectivity index (χ4n) is 2.84. The summed E-state index contributed by atoms with van der Waals surface area (Å²) in [5, 5.41) is 6.91. The molecule has 9 heteroatoms. The van der Waals surface area contributed by atoms with Gasteiger partial charge in [0.05, 0.1) is 6.61 Å². The molecule has 1 N–H and O–H groups in total. The second-order valence-corrected chi connectivity index (χ2v) is 8.07. The van der Waals surface area contributed by atoms with E-state index in [2.05, 4.69) is 0 Å². The van der Waals surface area contributed by atoms with E-state index in [4.69, 9.17) is 4.52 Å². The summed E-state index contributed by atoms with van der Waals surface area (Å²) in [5.74, 6) is -11.2. The number of halogens is 5. The zero-order valence-electron chi connectivity index (χ0n) is 12.3. The van der Waals surface area contributed by atoms with Gasteiger partial charge in [-0.2, -0.15) is 0 Å². The standard InChI is InChI=1S/C14H16F5O3P/c1-2-22-23(21,14(20)6-4-3-5-7-14)13-11(18)9(16)8(15)10(17)12(13)19/h20H,2-7H2,1H3/t23-/m1/s1. The summed E-state index contributed by atoms with van der Waals surface area (Å²) >= 11 is 0. The van der Waals surface area contributed by atoms with Crippen LogP contribution in [0.1, 0.15) is 39.0 Å². The fraction of sp³-hybridized carbons (Fsp3) is 0.571. The Morgan fingerprint density at radius 1 is 0.957 bits per heavy atom. The molecule has 1 saturated carbocycles. The van der Waals surface area contributed by atoms with Crippen LogP contribution in [-0.4, -0.2) is 17.1 Å². The first-order valence-corrected chi connectivity index (χ1v) is 8.81. The molecule has 1 aromatic carbocycles. The maximum atomic E-state index is 14.1. The van der Waals surface area contributed by atoms with E-state index in [1.807, 2.05) is 0 Å². The summed E-state index contributed by atoms with van der Waals surface area (Å²) in [6.07, 6.45) is 1.30. The monoisotopic (exact) mass is 358 g/mol.